The van der Waals surface area contributed by atoms with Crippen LogP contribution in [0.3, 0.4) is 0 Å². The van der Waals surface area contributed by atoms with Crippen LogP contribution < -0.4 is 5.32 Å². The summed E-state index contributed by atoms with van der Waals surface area (Å²) in [7, 11) is 1.77. The molecule has 2 N–H and O–H groups in total. The molecule has 5 heteroatoms. The molecule has 0 saturated carbocycles. The molecule has 2 heterocycles. The molecule has 1 aliphatic heterocycles. The Morgan fingerprint density at radius 2 is 2.10 bits per heavy atom. The molecular weight excluding hydrogens is 252 g/mol. The summed E-state index contributed by atoms with van der Waals surface area (Å²) in [5, 5.41) is 10.9. The smallest absolute Gasteiger partial charge is 0.0638 e. The van der Waals surface area contributed by atoms with Crippen LogP contribution in [0.2, 0.25) is 0 Å². The predicted molar refractivity (Wildman–Crippen MR) is 80.8 cm³/mol. The van der Waals surface area contributed by atoms with Crippen molar-refractivity contribution in [3.8, 4) is 0 Å². The van der Waals surface area contributed by atoms with Crippen molar-refractivity contribution in [2.45, 2.75) is 33.2 Å². The van der Waals surface area contributed by atoms with Gasteiger partial charge in [-0.1, -0.05) is 0 Å². The number of ether oxygens (including phenoxy) is 1. The molecule has 5 nitrogen and oxygen atoms in total. The first kappa shape index (κ1) is 15.5. The molecule has 1 fully saturated rings. The minimum atomic E-state index is 0.807. The van der Waals surface area contributed by atoms with Crippen LogP contribution in [-0.2, 0) is 11.3 Å². The molecular formula is C15H28N4O. The van der Waals surface area contributed by atoms with Gasteiger partial charge in [0, 0.05) is 31.5 Å². The van der Waals surface area contributed by atoms with Gasteiger partial charge in [0.15, 0.2) is 0 Å². The Kier molecular flexibility index (Phi) is 6.01. The van der Waals surface area contributed by atoms with Crippen LogP contribution in [-0.4, -0.2) is 55.0 Å². The number of aryl methyl sites for hydroxylation is 2. The number of hydrogen-bond acceptors (Lipinski definition) is 4. The fourth-order valence-corrected chi connectivity index (χ4v) is 2.87. The van der Waals surface area contributed by atoms with E-state index in [0.29, 0.717) is 0 Å². The van der Waals surface area contributed by atoms with Crippen LogP contribution in [0.15, 0.2) is 0 Å². The summed E-state index contributed by atoms with van der Waals surface area (Å²) in [6.45, 7) is 10.5. The number of piperidine rings is 1. The lowest BCUT2D eigenvalue weighted by Gasteiger charge is -2.31. The van der Waals surface area contributed by atoms with Crippen molar-refractivity contribution < 1.29 is 4.74 Å². The zero-order valence-corrected chi connectivity index (χ0v) is 13.0. The Hall–Kier alpha value is -0.910. The molecule has 0 unspecified atom stereocenters. The monoisotopic (exact) mass is 280 g/mol. The number of H-pyrrole nitrogens is 1. The number of nitrogens with zero attached hydrogens (tertiary/aromatic N) is 2. The zero-order valence-electron chi connectivity index (χ0n) is 13.0. The van der Waals surface area contributed by atoms with Gasteiger partial charge >= 0.3 is 0 Å². The van der Waals surface area contributed by atoms with E-state index in [-0.39, 0.29) is 0 Å². The van der Waals surface area contributed by atoms with Crippen LogP contribution in [0.5, 0.6) is 0 Å². The average Bonchev–Trinajstić information content (AvgIpc) is 2.78. The molecule has 0 bridgehead atoms. The Morgan fingerprint density at radius 3 is 2.70 bits per heavy atom. The lowest BCUT2D eigenvalue weighted by atomic mass is 9.96. The second-order valence-electron chi connectivity index (χ2n) is 5.82. The molecule has 0 spiro atoms. The minimum Gasteiger partial charge on any atom is -0.383 e. The van der Waals surface area contributed by atoms with E-state index < -0.39 is 0 Å². The van der Waals surface area contributed by atoms with E-state index >= 15 is 0 Å². The lowest BCUT2D eigenvalue weighted by Crippen LogP contribution is -2.38. The van der Waals surface area contributed by atoms with Gasteiger partial charge < -0.3 is 15.0 Å². The van der Waals surface area contributed by atoms with Crippen molar-refractivity contribution in [2.75, 3.05) is 39.9 Å². The molecule has 1 aromatic rings. The van der Waals surface area contributed by atoms with Crippen LogP contribution in [0.25, 0.3) is 0 Å². The van der Waals surface area contributed by atoms with E-state index in [1.54, 1.807) is 7.11 Å². The topological polar surface area (TPSA) is 53.2 Å². The second kappa shape index (κ2) is 7.76. The predicted octanol–water partition coefficient (Wildman–Crippen LogP) is 1.47. The maximum Gasteiger partial charge on any atom is 0.0638 e. The van der Waals surface area contributed by atoms with Crippen LogP contribution in [0, 0.1) is 19.8 Å². The molecule has 1 aromatic heterocycles. The standard InChI is InChI=1S/C15H28N4O/c1-12-15(13(2)18-17-12)11-16-10-14-4-6-19(7-5-14)8-9-20-3/h14,16H,4-11H2,1-3H3,(H,17,18). The summed E-state index contributed by atoms with van der Waals surface area (Å²) in [4.78, 5) is 2.50. The van der Waals surface area contributed by atoms with Crippen LogP contribution in [0.4, 0.5) is 0 Å². The van der Waals surface area contributed by atoms with Gasteiger partial charge in [0.2, 0.25) is 0 Å². The minimum absolute atomic E-state index is 0.807. The molecule has 0 atom stereocenters. The Labute approximate surface area is 122 Å². The van der Waals surface area contributed by atoms with E-state index in [1.807, 2.05) is 0 Å². The Bertz CT molecular complexity index is 377. The highest BCUT2D eigenvalue weighted by atomic mass is 16.5. The maximum absolute atomic E-state index is 5.14. The molecule has 0 aromatic carbocycles. The fourth-order valence-electron chi connectivity index (χ4n) is 2.87. The van der Waals surface area contributed by atoms with Gasteiger partial charge in [-0.25, -0.2) is 0 Å². The number of hydrogen-bond donors (Lipinski definition) is 2. The molecule has 0 radical (unpaired) electrons. The number of aromatic nitrogens is 2. The van der Waals surface area contributed by atoms with Crippen LogP contribution >= 0.6 is 0 Å². The SMILES string of the molecule is COCCN1CCC(CNCc2c(C)n[nH]c2C)CC1. The van der Waals surface area contributed by atoms with E-state index in [0.717, 1.165) is 37.9 Å². The second-order valence-corrected chi connectivity index (χ2v) is 5.82. The van der Waals surface area contributed by atoms with Crippen molar-refractivity contribution in [1.29, 1.82) is 0 Å². The highest BCUT2D eigenvalue weighted by Crippen LogP contribution is 2.16. The maximum atomic E-state index is 5.14. The van der Waals surface area contributed by atoms with E-state index in [4.69, 9.17) is 4.74 Å². The highest BCUT2D eigenvalue weighted by Gasteiger charge is 2.18. The number of aromatic amines is 1. The van der Waals surface area contributed by atoms with Gasteiger partial charge in [-0.2, -0.15) is 5.10 Å². The summed E-state index contributed by atoms with van der Waals surface area (Å²) < 4.78 is 5.14. The number of methoxy groups -OCH3 is 1. The highest BCUT2D eigenvalue weighted by molar-refractivity contribution is 5.22. The Balaban J connectivity index is 1.64. The lowest BCUT2D eigenvalue weighted by molar-refractivity contribution is 0.120. The normalized spacial score (nSPS) is 17.8. The first-order chi connectivity index (χ1) is 9.70. The third-order valence-electron chi connectivity index (χ3n) is 4.33. The summed E-state index contributed by atoms with van der Waals surface area (Å²) in [5.74, 6) is 0.807. The van der Waals surface area contributed by atoms with Crippen molar-refractivity contribution >= 4 is 0 Å². The Morgan fingerprint density at radius 1 is 1.35 bits per heavy atom. The van der Waals surface area contributed by atoms with Crippen molar-refractivity contribution in [2.24, 2.45) is 5.92 Å². The molecule has 0 amide bonds. The summed E-state index contributed by atoms with van der Waals surface area (Å²) in [5.41, 5.74) is 3.62. The average molecular weight is 280 g/mol. The third-order valence-corrected chi connectivity index (χ3v) is 4.33. The largest absolute Gasteiger partial charge is 0.383 e. The van der Waals surface area contributed by atoms with Gasteiger partial charge in [-0.3, -0.25) is 5.10 Å². The fraction of sp³-hybridized carbons (Fsp3) is 0.800. The van der Waals surface area contributed by atoms with Crippen molar-refractivity contribution in [3.05, 3.63) is 17.0 Å². The van der Waals surface area contributed by atoms with Crippen molar-refractivity contribution in [1.82, 2.24) is 20.4 Å². The van der Waals surface area contributed by atoms with E-state index in [9.17, 15) is 0 Å². The quantitative estimate of drug-likeness (QED) is 0.794. The van der Waals surface area contributed by atoms with Gasteiger partial charge in [0.25, 0.3) is 0 Å². The van der Waals surface area contributed by atoms with Gasteiger partial charge in [0.05, 0.1) is 12.3 Å². The molecule has 1 aliphatic rings. The number of rotatable bonds is 7. The van der Waals surface area contributed by atoms with Gasteiger partial charge in [-0.05, 0) is 52.2 Å². The van der Waals surface area contributed by atoms with Gasteiger partial charge in [0.1, 0.15) is 0 Å². The van der Waals surface area contributed by atoms with E-state index in [2.05, 4.69) is 34.3 Å². The first-order valence-corrected chi connectivity index (χ1v) is 7.63. The zero-order chi connectivity index (χ0) is 14.4. The molecule has 1 saturated heterocycles. The number of nitrogens with one attached hydrogen (secondary N) is 2. The first-order valence-electron chi connectivity index (χ1n) is 7.63. The number of likely N-dealkylation sites (tertiary alicyclic amines) is 1. The third kappa shape index (κ3) is 4.30. The molecule has 0 aliphatic carbocycles. The summed E-state index contributed by atoms with van der Waals surface area (Å²) >= 11 is 0. The van der Waals surface area contributed by atoms with E-state index in [1.165, 1.54) is 37.2 Å². The van der Waals surface area contributed by atoms with Crippen LogP contribution in [0.1, 0.15) is 29.8 Å². The molecule has 20 heavy (non-hydrogen) atoms. The van der Waals surface area contributed by atoms with Crippen molar-refractivity contribution in [3.63, 3.8) is 0 Å². The summed E-state index contributed by atoms with van der Waals surface area (Å²) in [6.07, 6.45) is 2.58. The molecule has 114 valence electrons. The molecule has 2 rings (SSSR count). The van der Waals surface area contributed by atoms with Gasteiger partial charge in [-0.15, -0.1) is 0 Å². The summed E-state index contributed by atoms with van der Waals surface area (Å²) in [6, 6.07) is 0.